The molecule has 0 spiro atoms. The van der Waals surface area contributed by atoms with Gasteiger partial charge in [-0.1, -0.05) is 0 Å². The van der Waals surface area contributed by atoms with E-state index in [9.17, 15) is 20.0 Å². The van der Waals surface area contributed by atoms with Gasteiger partial charge in [0.05, 0.1) is 18.1 Å². The first-order valence-electron chi connectivity index (χ1n) is 5.42. The Bertz CT molecular complexity index is 553. The second kappa shape index (κ2) is 5.07. The molecule has 0 aliphatic carbocycles. The summed E-state index contributed by atoms with van der Waals surface area (Å²) in [7, 11) is 1.23. The number of rotatable bonds is 3. The van der Waals surface area contributed by atoms with Gasteiger partial charge in [0.15, 0.2) is 0 Å². The molecule has 2 atom stereocenters. The molecule has 1 heterocycles. The van der Waals surface area contributed by atoms with Gasteiger partial charge in [0, 0.05) is 17.7 Å². The summed E-state index contributed by atoms with van der Waals surface area (Å²) in [4.78, 5) is 21.0. The third-order valence-electron chi connectivity index (χ3n) is 2.72. The number of carbonyl (C=O) groups is 1. The van der Waals surface area contributed by atoms with Crippen molar-refractivity contribution in [3.63, 3.8) is 0 Å². The maximum atomic E-state index is 11.0. The van der Waals surface area contributed by atoms with E-state index in [-0.39, 0.29) is 11.4 Å². The number of non-ortho nitro benzene ring substituents is 1. The Hall–Kier alpha value is -2.41. The summed E-state index contributed by atoms with van der Waals surface area (Å²) in [5.74, 6) is -0.334. The molecule has 19 heavy (non-hydrogen) atoms. The van der Waals surface area contributed by atoms with E-state index >= 15 is 0 Å². The highest BCUT2D eigenvalue weighted by Crippen LogP contribution is 2.39. The lowest BCUT2D eigenvalue weighted by molar-refractivity contribution is -0.384. The number of nitro benzene ring substituents is 1. The maximum Gasteiger partial charge on any atom is 0.330 e. The van der Waals surface area contributed by atoms with E-state index in [1.165, 1.54) is 31.4 Å². The van der Waals surface area contributed by atoms with E-state index in [1.807, 2.05) is 0 Å². The van der Waals surface area contributed by atoms with E-state index in [0.29, 0.717) is 5.56 Å². The Morgan fingerprint density at radius 3 is 2.95 bits per heavy atom. The number of esters is 1. The number of aliphatic hydroxyl groups excluding tert-OH is 1. The van der Waals surface area contributed by atoms with Crippen molar-refractivity contribution in [2.24, 2.45) is 0 Å². The molecule has 0 saturated carbocycles. The minimum absolute atomic E-state index is 0.122. The van der Waals surface area contributed by atoms with E-state index in [0.717, 1.165) is 6.08 Å². The van der Waals surface area contributed by atoms with Gasteiger partial charge in [-0.2, -0.15) is 0 Å². The normalized spacial score (nSPS) is 20.9. The third kappa shape index (κ3) is 2.55. The second-order valence-corrected chi connectivity index (χ2v) is 3.89. The zero-order chi connectivity index (χ0) is 14.0. The van der Waals surface area contributed by atoms with E-state index in [4.69, 9.17) is 4.74 Å². The SMILES string of the molecule is COC(=O)/C=C/C1Oc2cc([N+](=O)[O-])ccc2C1O. The first kappa shape index (κ1) is 13.0. The van der Waals surface area contributed by atoms with Crippen LogP contribution in [-0.2, 0) is 9.53 Å². The molecular formula is C12H11NO6. The molecule has 1 aromatic rings. The van der Waals surface area contributed by atoms with Gasteiger partial charge in [0.2, 0.25) is 0 Å². The molecule has 0 saturated heterocycles. The van der Waals surface area contributed by atoms with Crippen molar-refractivity contribution in [1.82, 2.24) is 0 Å². The summed E-state index contributed by atoms with van der Waals surface area (Å²) in [6.45, 7) is 0. The van der Waals surface area contributed by atoms with Gasteiger partial charge in [0.25, 0.3) is 5.69 Å². The van der Waals surface area contributed by atoms with Crippen LogP contribution >= 0.6 is 0 Å². The van der Waals surface area contributed by atoms with Gasteiger partial charge in [0.1, 0.15) is 18.0 Å². The van der Waals surface area contributed by atoms with Gasteiger partial charge >= 0.3 is 5.97 Å². The highest BCUT2D eigenvalue weighted by molar-refractivity contribution is 5.81. The number of fused-ring (bicyclic) bond motifs is 1. The van der Waals surface area contributed by atoms with Gasteiger partial charge in [-0.3, -0.25) is 10.1 Å². The zero-order valence-electron chi connectivity index (χ0n) is 9.98. The fraction of sp³-hybridized carbons (Fsp3) is 0.250. The standard InChI is InChI=1S/C12H11NO6/c1-18-11(14)5-4-9-12(15)8-3-2-7(13(16)17)6-10(8)19-9/h2-6,9,12,15H,1H3/b5-4+. The molecule has 2 rings (SSSR count). The summed E-state index contributed by atoms with van der Waals surface area (Å²) < 4.78 is 9.78. The molecule has 0 fully saturated rings. The van der Waals surface area contributed by atoms with Gasteiger partial charge < -0.3 is 14.6 Å². The molecule has 0 bridgehead atoms. The van der Waals surface area contributed by atoms with Crippen LogP contribution < -0.4 is 4.74 Å². The molecule has 100 valence electrons. The molecule has 7 heteroatoms. The number of methoxy groups -OCH3 is 1. The topological polar surface area (TPSA) is 98.9 Å². The van der Waals surface area contributed by atoms with Crippen molar-refractivity contribution < 1.29 is 24.3 Å². The predicted molar refractivity (Wildman–Crippen MR) is 63.6 cm³/mol. The summed E-state index contributed by atoms with van der Waals surface area (Å²) in [6.07, 6.45) is 0.740. The van der Waals surface area contributed by atoms with Crippen LogP contribution in [0.25, 0.3) is 0 Å². The lowest BCUT2D eigenvalue weighted by atomic mass is 10.1. The van der Waals surface area contributed by atoms with E-state index < -0.39 is 23.1 Å². The Kier molecular flexibility index (Phi) is 3.48. The van der Waals surface area contributed by atoms with Crippen LogP contribution in [0.2, 0.25) is 0 Å². The summed E-state index contributed by atoms with van der Waals surface area (Å²) in [5.41, 5.74) is 0.327. The van der Waals surface area contributed by atoms with Crippen molar-refractivity contribution in [2.45, 2.75) is 12.2 Å². The molecule has 2 unspecified atom stereocenters. The Morgan fingerprint density at radius 1 is 1.58 bits per heavy atom. The molecule has 1 aliphatic heterocycles. The smallest absolute Gasteiger partial charge is 0.330 e. The van der Waals surface area contributed by atoms with Crippen LogP contribution in [0.5, 0.6) is 5.75 Å². The third-order valence-corrected chi connectivity index (χ3v) is 2.72. The Balaban J connectivity index is 2.21. The van der Waals surface area contributed by atoms with Crippen molar-refractivity contribution >= 4 is 11.7 Å². The van der Waals surface area contributed by atoms with Crippen LogP contribution in [0.4, 0.5) is 5.69 Å². The molecule has 7 nitrogen and oxygen atoms in total. The van der Waals surface area contributed by atoms with Crippen molar-refractivity contribution in [3.8, 4) is 5.75 Å². The van der Waals surface area contributed by atoms with Crippen LogP contribution in [0.1, 0.15) is 11.7 Å². The number of hydrogen-bond acceptors (Lipinski definition) is 6. The van der Waals surface area contributed by atoms with Crippen LogP contribution in [-0.4, -0.2) is 29.2 Å². The molecule has 0 radical (unpaired) electrons. The summed E-state index contributed by atoms with van der Waals surface area (Å²) >= 11 is 0. The average Bonchev–Trinajstić information content (AvgIpc) is 2.72. The molecular weight excluding hydrogens is 254 g/mol. The fourth-order valence-corrected chi connectivity index (χ4v) is 1.76. The number of carbonyl (C=O) groups excluding carboxylic acids is 1. The van der Waals surface area contributed by atoms with Crippen LogP contribution in [0.15, 0.2) is 30.4 Å². The number of hydrogen-bond donors (Lipinski definition) is 1. The molecule has 1 aliphatic rings. The van der Waals surface area contributed by atoms with Crippen LogP contribution in [0, 0.1) is 10.1 Å². The largest absolute Gasteiger partial charge is 0.483 e. The summed E-state index contributed by atoms with van der Waals surface area (Å²) in [6, 6.07) is 3.96. The Morgan fingerprint density at radius 2 is 2.32 bits per heavy atom. The fourth-order valence-electron chi connectivity index (χ4n) is 1.76. The van der Waals surface area contributed by atoms with Crippen molar-refractivity contribution in [3.05, 3.63) is 46.0 Å². The van der Waals surface area contributed by atoms with E-state index in [1.54, 1.807) is 0 Å². The van der Waals surface area contributed by atoms with Crippen molar-refractivity contribution in [1.29, 1.82) is 0 Å². The monoisotopic (exact) mass is 265 g/mol. The molecule has 1 N–H and O–H groups in total. The first-order chi connectivity index (χ1) is 9.02. The molecule has 1 aromatic carbocycles. The van der Waals surface area contributed by atoms with Crippen LogP contribution in [0.3, 0.4) is 0 Å². The van der Waals surface area contributed by atoms with E-state index in [2.05, 4.69) is 4.74 Å². The summed E-state index contributed by atoms with van der Waals surface area (Å²) in [5, 5.41) is 20.6. The minimum Gasteiger partial charge on any atom is -0.483 e. The Labute approximate surface area is 108 Å². The number of nitro groups is 1. The average molecular weight is 265 g/mol. The van der Waals surface area contributed by atoms with Gasteiger partial charge in [-0.15, -0.1) is 0 Å². The van der Waals surface area contributed by atoms with Gasteiger partial charge in [-0.05, 0) is 12.1 Å². The maximum absolute atomic E-state index is 11.0. The minimum atomic E-state index is -0.975. The number of benzene rings is 1. The highest BCUT2D eigenvalue weighted by atomic mass is 16.6. The number of nitrogens with zero attached hydrogens (tertiary/aromatic N) is 1. The van der Waals surface area contributed by atoms with Crippen molar-refractivity contribution in [2.75, 3.05) is 7.11 Å². The number of aliphatic hydroxyl groups is 1. The molecule has 0 amide bonds. The lowest BCUT2D eigenvalue weighted by Crippen LogP contribution is -2.15. The zero-order valence-corrected chi connectivity index (χ0v) is 9.98. The molecule has 0 aromatic heterocycles. The van der Waals surface area contributed by atoms with Gasteiger partial charge in [-0.25, -0.2) is 4.79 Å². The highest BCUT2D eigenvalue weighted by Gasteiger charge is 2.32. The first-order valence-corrected chi connectivity index (χ1v) is 5.42. The number of ether oxygens (including phenoxy) is 2. The quantitative estimate of drug-likeness (QED) is 0.380. The predicted octanol–water partition coefficient (Wildman–Crippen LogP) is 1.12. The lowest BCUT2D eigenvalue weighted by Gasteiger charge is -2.08. The second-order valence-electron chi connectivity index (χ2n) is 3.89.